The number of carbonyl (C=O) groups excluding carboxylic acids is 2. The topological polar surface area (TPSA) is 79.4 Å². The highest BCUT2D eigenvalue weighted by molar-refractivity contribution is 5.83. The largest absolute Gasteiger partial charge is 0.508 e. The summed E-state index contributed by atoms with van der Waals surface area (Å²) in [7, 11) is 2.11. The molecule has 36 heavy (non-hydrogen) atoms. The van der Waals surface area contributed by atoms with Crippen molar-refractivity contribution in [3.05, 3.63) is 60.2 Å². The van der Waals surface area contributed by atoms with Gasteiger partial charge in [0.1, 0.15) is 11.8 Å². The number of nitrogens with zero attached hydrogens (tertiary/aromatic N) is 4. The average molecular weight is 492 g/mol. The highest BCUT2D eigenvalue weighted by atomic mass is 16.3. The van der Waals surface area contributed by atoms with Crippen molar-refractivity contribution in [1.82, 2.24) is 20.0 Å². The molecule has 2 aromatic carbocycles. The number of likely N-dealkylation sites (N-methyl/N-ethyl adjacent to an activating group) is 1. The lowest BCUT2D eigenvalue weighted by molar-refractivity contribution is -0.132. The molecule has 192 valence electrons. The fourth-order valence-electron chi connectivity index (χ4n) is 5.96. The van der Waals surface area contributed by atoms with Crippen LogP contribution in [0.1, 0.15) is 24.8 Å². The smallest absolute Gasteiger partial charge is 0.239 e. The normalized spacial score (nSPS) is 25.4. The van der Waals surface area contributed by atoms with E-state index in [9.17, 15) is 14.7 Å². The van der Waals surface area contributed by atoms with Crippen LogP contribution in [0, 0.1) is 0 Å². The standard InChI is InChI=1S/C28H37N5O3/c1-30-23(9-12-26(35)32-17-15-31(16-18-32)22-5-3-2-4-6-22)19-29-28(36)27-25(30)13-14-33(27)20-21-7-10-24(34)11-8-21/h2-8,10-11,23,25,27,34H,9,12-20H2,1H3,(H,29,36)/t23-,25+,27-/m0/s1. The summed E-state index contributed by atoms with van der Waals surface area (Å²) >= 11 is 0. The molecule has 2 aromatic rings. The lowest BCUT2D eigenvalue weighted by Gasteiger charge is -2.37. The molecule has 0 spiro atoms. The zero-order valence-electron chi connectivity index (χ0n) is 21.1. The summed E-state index contributed by atoms with van der Waals surface area (Å²) in [5.74, 6) is 0.540. The summed E-state index contributed by atoms with van der Waals surface area (Å²) in [5, 5.41) is 12.7. The number of hydrogen-bond donors (Lipinski definition) is 2. The van der Waals surface area contributed by atoms with Crippen molar-refractivity contribution in [3.8, 4) is 5.75 Å². The van der Waals surface area contributed by atoms with Gasteiger partial charge < -0.3 is 20.2 Å². The number of phenolic OH excluding ortho intramolecular Hbond substituents is 1. The van der Waals surface area contributed by atoms with Crippen LogP contribution in [0.3, 0.4) is 0 Å². The Hall–Kier alpha value is -3.10. The maximum atomic E-state index is 13.1. The van der Waals surface area contributed by atoms with Gasteiger partial charge in [-0.3, -0.25) is 19.4 Å². The van der Waals surface area contributed by atoms with Crippen LogP contribution < -0.4 is 10.2 Å². The van der Waals surface area contributed by atoms with Crippen LogP contribution in [0.25, 0.3) is 0 Å². The molecule has 5 rings (SSSR count). The van der Waals surface area contributed by atoms with Crippen LogP contribution >= 0.6 is 0 Å². The first-order valence-corrected chi connectivity index (χ1v) is 13.1. The zero-order valence-corrected chi connectivity index (χ0v) is 21.1. The first-order valence-electron chi connectivity index (χ1n) is 13.1. The van der Waals surface area contributed by atoms with E-state index in [1.807, 2.05) is 23.1 Å². The predicted octanol–water partition coefficient (Wildman–Crippen LogP) is 1.89. The number of aromatic hydroxyl groups is 1. The van der Waals surface area contributed by atoms with Gasteiger partial charge in [0.15, 0.2) is 0 Å². The number of hydrogen-bond acceptors (Lipinski definition) is 6. The Kier molecular flexibility index (Phi) is 7.43. The van der Waals surface area contributed by atoms with Crippen molar-refractivity contribution < 1.29 is 14.7 Å². The van der Waals surface area contributed by atoms with Crippen LogP contribution in [0.15, 0.2) is 54.6 Å². The van der Waals surface area contributed by atoms with E-state index < -0.39 is 0 Å². The summed E-state index contributed by atoms with van der Waals surface area (Å²) in [6.45, 7) is 5.33. The van der Waals surface area contributed by atoms with Crippen LogP contribution in [-0.2, 0) is 16.1 Å². The van der Waals surface area contributed by atoms with E-state index in [0.29, 0.717) is 19.5 Å². The van der Waals surface area contributed by atoms with E-state index in [4.69, 9.17) is 0 Å². The first-order chi connectivity index (χ1) is 17.5. The van der Waals surface area contributed by atoms with Crippen molar-refractivity contribution in [3.63, 3.8) is 0 Å². The first kappa shape index (κ1) is 24.6. The molecule has 3 saturated heterocycles. The lowest BCUT2D eigenvalue weighted by Crippen LogP contribution is -2.50. The second-order valence-corrected chi connectivity index (χ2v) is 10.2. The number of anilines is 1. The molecule has 3 aliphatic rings. The fraction of sp³-hybridized carbons (Fsp3) is 0.500. The van der Waals surface area contributed by atoms with Crippen LogP contribution in [0.4, 0.5) is 5.69 Å². The summed E-state index contributed by atoms with van der Waals surface area (Å²) in [4.78, 5) is 35.0. The predicted molar refractivity (Wildman–Crippen MR) is 140 cm³/mol. The molecule has 3 atom stereocenters. The van der Waals surface area contributed by atoms with Gasteiger partial charge >= 0.3 is 0 Å². The third kappa shape index (κ3) is 5.34. The molecule has 3 heterocycles. The molecule has 0 bridgehead atoms. The molecule has 3 aliphatic heterocycles. The van der Waals surface area contributed by atoms with Gasteiger partial charge in [-0.1, -0.05) is 30.3 Å². The summed E-state index contributed by atoms with van der Waals surface area (Å²) in [5.41, 5.74) is 2.30. The van der Waals surface area contributed by atoms with Gasteiger partial charge in [-0.15, -0.1) is 0 Å². The van der Waals surface area contributed by atoms with Gasteiger partial charge in [0, 0.05) is 70.0 Å². The molecule has 0 radical (unpaired) electrons. The van der Waals surface area contributed by atoms with E-state index in [1.165, 1.54) is 5.69 Å². The number of likely N-dealkylation sites (tertiary alicyclic amines) is 1. The molecular weight excluding hydrogens is 454 g/mol. The van der Waals surface area contributed by atoms with E-state index in [1.54, 1.807) is 12.1 Å². The Bertz CT molecular complexity index is 1040. The molecular formula is C28H37N5O3. The zero-order chi connectivity index (χ0) is 25.1. The maximum Gasteiger partial charge on any atom is 0.239 e. The maximum absolute atomic E-state index is 13.1. The van der Waals surface area contributed by atoms with Crippen LogP contribution in [-0.4, -0.2) is 96.1 Å². The lowest BCUT2D eigenvalue weighted by atomic mass is 10.0. The Morgan fingerprint density at radius 1 is 1.00 bits per heavy atom. The highest BCUT2D eigenvalue weighted by Crippen LogP contribution is 2.29. The summed E-state index contributed by atoms with van der Waals surface area (Å²) in [6, 6.07) is 17.7. The Morgan fingerprint density at radius 3 is 2.44 bits per heavy atom. The number of rotatable bonds is 6. The van der Waals surface area contributed by atoms with E-state index >= 15 is 0 Å². The number of para-hydroxylation sites is 1. The number of piperazine rings is 1. The van der Waals surface area contributed by atoms with Gasteiger partial charge in [-0.05, 0) is 49.7 Å². The second-order valence-electron chi connectivity index (χ2n) is 10.2. The molecule has 3 fully saturated rings. The molecule has 0 aliphatic carbocycles. The van der Waals surface area contributed by atoms with Gasteiger partial charge in [-0.2, -0.15) is 0 Å². The molecule has 2 N–H and O–H groups in total. The van der Waals surface area contributed by atoms with Crippen LogP contribution in [0.5, 0.6) is 5.75 Å². The van der Waals surface area contributed by atoms with Crippen molar-refractivity contribution >= 4 is 17.5 Å². The average Bonchev–Trinajstić information content (AvgIpc) is 3.28. The fourth-order valence-corrected chi connectivity index (χ4v) is 5.96. The van der Waals surface area contributed by atoms with Crippen molar-refractivity contribution in [2.45, 2.75) is 43.9 Å². The molecule has 0 unspecified atom stereocenters. The van der Waals surface area contributed by atoms with E-state index in [2.05, 4.69) is 51.3 Å². The van der Waals surface area contributed by atoms with Gasteiger partial charge in [0.05, 0.1) is 0 Å². The number of phenols is 1. The molecule has 2 amide bonds. The minimum atomic E-state index is -0.199. The minimum Gasteiger partial charge on any atom is -0.508 e. The molecule has 8 nitrogen and oxygen atoms in total. The van der Waals surface area contributed by atoms with Gasteiger partial charge in [0.25, 0.3) is 0 Å². The van der Waals surface area contributed by atoms with Crippen molar-refractivity contribution in [2.24, 2.45) is 0 Å². The number of amides is 2. The number of carbonyl (C=O) groups is 2. The summed E-state index contributed by atoms with van der Waals surface area (Å²) in [6.07, 6.45) is 2.18. The van der Waals surface area contributed by atoms with E-state index in [-0.39, 0.29) is 35.7 Å². The molecule has 0 saturated carbocycles. The number of benzene rings is 2. The molecule has 0 aromatic heterocycles. The van der Waals surface area contributed by atoms with Crippen LogP contribution in [0.2, 0.25) is 0 Å². The highest BCUT2D eigenvalue weighted by Gasteiger charge is 2.45. The number of nitrogens with one attached hydrogen (secondary N) is 1. The monoisotopic (exact) mass is 491 g/mol. The summed E-state index contributed by atoms with van der Waals surface area (Å²) < 4.78 is 0. The third-order valence-corrected chi connectivity index (χ3v) is 8.12. The molecule has 8 heteroatoms. The quantitative estimate of drug-likeness (QED) is 0.643. The third-order valence-electron chi connectivity index (χ3n) is 8.12. The second kappa shape index (κ2) is 10.9. The number of fused-ring (bicyclic) bond motifs is 1. The van der Waals surface area contributed by atoms with Crippen molar-refractivity contribution in [1.29, 1.82) is 0 Å². The minimum absolute atomic E-state index is 0.0778. The Morgan fingerprint density at radius 2 is 1.72 bits per heavy atom. The van der Waals surface area contributed by atoms with E-state index in [0.717, 1.165) is 51.1 Å². The Balaban J connectivity index is 1.14. The Labute approximate surface area is 213 Å². The van der Waals surface area contributed by atoms with Crippen molar-refractivity contribution in [2.75, 3.05) is 51.2 Å². The SMILES string of the molecule is CN1[C@@H](CCC(=O)N2CCN(c3ccccc3)CC2)CNC(=O)[C@@H]2[C@H]1CCN2Cc1ccc(O)cc1. The van der Waals surface area contributed by atoms with Gasteiger partial charge in [-0.25, -0.2) is 0 Å². The van der Waals surface area contributed by atoms with Gasteiger partial charge in [0.2, 0.25) is 11.8 Å².